The highest BCUT2D eigenvalue weighted by atomic mass is 16.3. The Labute approximate surface area is 191 Å². The normalized spacial score (nSPS) is 16.2. The predicted molar refractivity (Wildman–Crippen MR) is 128 cm³/mol. The number of carbonyl (C=O) groups is 2. The summed E-state index contributed by atoms with van der Waals surface area (Å²) in [6, 6.07) is 17.3. The molecule has 1 atom stereocenters. The first-order chi connectivity index (χ1) is 15.2. The molecule has 2 aromatic rings. The van der Waals surface area contributed by atoms with E-state index in [4.69, 9.17) is 5.41 Å². The smallest absolute Gasteiger partial charge is 0.251 e. The first kappa shape index (κ1) is 25.4. The van der Waals surface area contributed by atoms with E-state index in [2.05, 4.69) is 47.6 Å². The van der Waals surface area contributed by atoms with Gasteiger partial charge in [-0.05, 0) is 63.4 Å². The molecule has 0 aromatic heterocycles. The maximum absolute atomic E-state index is 11.4. The fourth-order valence-corrected chi connectivity index (χ4v) is 3.77. The number of aliphatic hydroxyl groups is 1. The van der Waals surface area contributed by atoms with Crippen molar-refractivity contribution in [2.75, 3.05) is 27.2 Å². The van der Waals surface area contributed by atoms with E-state index in [0.717, 1.165) is 5.92 Å². The zero-order valence-corrected chi connectivity index (χ0v) is 19.3. The number of aldehydes is 1. The number of likely N-dealkylation sites (N-methyl/N-ethyl adjacent to an activating group) is 1. The fraction of sp³-hybridized carbons (Fsp3) is 0.423. The average molecular weight is 438 g/mol. The molecule has 0 aliphatic carbocycles. The van der Waals surface area contributed by atoms with Crippen LogP contribution >= 0.6 is 0 Å². The van der Waals surface area contributed by atoms with Crippen LogP contribution in [0.2, 0.25) is 0 Å². The molecule has 6 heteroatoms. The maximum Gasteiger partial charge on any atom is 0.251 e. The summed E-state index contributed by atoms with van der Waals surface area (Å²) in [5.74, 6) is 0.380. The molecule has 2 aromatic carbocycles. The van der Waals surface area contributed by atoms with Crippen LogP contribution < -0.4 is 5.32 Å². The van der Waals surface area contributed by atoms with Crippen molar-refractivity contribution >= 4 is 17.9 Å². The Morgan fingerprint density at radius 2 is 1.75 bits per heavy atom. The van der Waals surface area contributed by atoms with E-state index in [1.807, 2.05) is 0 Å². The Kier molecular flexibility index (Phi) is 9.75. The summed E-state index contributed by atoms with van der Waals surface area (Å²) in [5.41, 5.74) is 1.12. The van der Waals surface area contributed by atoms with Crippen LogP contribution in [0.25, 0.3) is 0 Å². The molecule has 1 amide bonds. The van der Waals surface area contributed by atoms with Crippen LogP contribution in [0, 0.1) is 11.3 Å². The highest BCUT2D eigenvalue weighted by Gasteiger charge is 2.30. The van der Waals surface area contributed by atoms with Crippen LogP contribution in [0.15, 0.2) is 54.6 Å². The van der Waals surface area contributed by atoms with Gasteiger partial charge in [0, 0.05) is 24.7 Å². The van der Waals surface area contributed by atoms with Crippen LogP contribution in [0.1, 0.15) is 47.7 Å². The molecule has 0 radical (unpaired) electrons. The first-order valence-corrected chi connectivity index (χ1v) is 11.0. The quantitative estimate of drug-likeness (QED) is 0.458. The standard InChI is InChI=1S/C13H16N2O3.C13H19N/c1-13(18,12(17)15-2)7-11(14)10-5-3-9(8-16)4-6-10;1-14-9-7-13(8-10-14)11-12-5-3-2-4-6-12/h3-6,8,14,18H,7H2,1-2H3,(H,15,17);2-6,13H,7-11H2,1H3. The SMILES string of the molecule is CN1CCC(Cc2ccccc2)CC1.CNC(=O)C(C)(O)CC(=N)c1ccc(C=O)cc1. The number of rotatable bonds is 7. The van der Waals surface area contributed by atoms with Gasteiger partial charge in [-0.3, -0.25) is 9.59 Å². The third-order valence-electron chi connectivity index (χ3n) is 5.84. The van der Waals surface area contributed by atoms with Gasteiger partial charge in [0.2, 0.25) is 0 Å². The van der Waals surface area contributed by atoms with E-state index in [1.165, 1.54) is 51.9 Å². The highest BCUT2D eigenvalue weighted by molar-refractivity contribution is 6.02. The number of carbonyl (C=O) groups excluding carboxylic acids is 2. The van der Waals surface area contributed by atoms with E-state index >= 15 is 0 Å². The summed E-state index contributed by atoms with van der Waals surface area (Å²) in [6.45, 7) is 3.91. The summed E-state index contributed by atoms with van der Waals surface area (Å²) in [4.78, 5) is 24.3. The molecule has 1 fully saturated rings. The molecule has 3 N–H and O–H groups in total. The molecule has 0 bridgehead atoms. The molecule has 0 spiro atoms. The van der Waals surface area contributed by atoms with Gasteiger partial charge in [0.25, 0.3) is 5.91 Å². The Balaban J connectivity index is 0.000000233. The largest absolute Gasteiger partial charge is 0.380 e. The number of hydrogen-bond donors (Lipinski definition) is 3. The molecule has 1 heterocycles. The van der Waals surface area contributed by atoms with Crippen molar-refractivity contribution in [1.29, 1.82) is 5.41 Å². The Morgan fingerprint density at radius 3 is 2.28 bits per heavy atom. The predicted octanol–water partition coefficient (Wildman–Crippen LogP) is 3.32. The summed E-state index contributed by atoms with van der Waals surface area (Å²) in [6.07, 6.45) is 4.63. The van der Waals surface area contributed by atoms with Gasteiger partial charge in [0.05, 0.1) is 0 Å². The van der Waals surface area contributed by atoms with Gasteiger partial charge in [-0.15, -0.1) is 0 Å². The minimum atomic E-state index is -1.62. The minimum absolute atomic E-state index is 0.0902. The zero-order chi connectivity index (χ0) is 23.6. The van der Waals surface area contributed by atoms with Crippen molar-refractivity contribution in [3.8, 4) is 0 Å². The molecular weight excluding hydrogens is 402 g/mol. The van der Waals surface area contributed by atoms with Crippen molar-refractivity contribution in [1.82, 2.24) is 10.2 Å². The first-order valence-electron chi connectivity index (χ1n) is 11.0. The molecular formula is C26H35N3O3. The average Bonchev–Trinajstić information content (AvgIpc) is 2.81. The van der Waals surface area contributed by atoms with Gasteiger partial charge in [-0.1, -0.05) is 54.6 Å². The molecule has 0 saturated carbocycles. The van der Waals surface area contributed by atoms with Gasteiger partial charge in [-0.25, -0.2) is 0 Å². The van der Waals surface area contributed by atoms with E-state index in [9.17, 15) is 14.7 Å². The van der Waals surface area contributed by atoms with Crippen LogP contribution in [0.4, 0.5) is 0 Å². The number of benzene rings is 2. The molecule has 1 aliphatic rings. The molecule has 1 unspecified atom stereocenters. The van der Waals surface area contributed by atoms with Crippen molar-refractivity contribution in [2.24, 2.45) is 5.92 Å². The number of hydrogen-bond acceptors (Lipinski definition) is 5. The number of nitrogens with zero attached hydrogens (tertiary/aromatic N) is 1. The maximum atomic E-state index is 11.4. The Hall–Kier alpha value is -2.83. The molecule has 32 heavy (non-hydrogen) atoms. The number of piperidine rings is 1. The van der Waals surface area contributed by atoms with Crippen LogP contribution in [0.3, 0.4) is 0 Å². The molecule has 1 saturated heterocycles. The second kappa shape index (κ2) is 12.3. The lowest BCUT2D eigenvalue weighted by Gasteiger charge is -2.28. The lowest BCUT2D eigenvalue weighted by molar-refractivity contribution is -0.136. The minimum Gasteiger partial charge on any atom is -0.380 e. The fourth-order valence-electron chi connectivity index (χ4n) is 3.77. The molecule has 1 aliphatic heterocycles. The lowest BCUT2D eigenvalue weighted by atomic mass is 9.90. The topological polar surface area (TPSA) is 93.5 Å². The summed E-state index contributed by atoms with van der Waals surface area (Å²) in [7, 11) is 3.65. The van der Waals surface area contributed by atoms with Crippen LogP contribution in [-0.2, 0) is 11.2 Å². The van der Waals surface area contributed by atoms with Crippen molar-refractivity contribution < 1.29 is 14.7 Å². The van der Waals surface area contributed by atoms with Crippen molar-refractivity contribution in [3.63, 3.8) is 0 Å². The highest BCUT2D eigenvalue weighted by Crippen LogP contribution is 2.20. The number of amides is 1. The summed E-state index contributed by atoms with van der Waals surface area (Å²) < 4.78 is 0. The van der Waals surface area contributed by atoms with E-state index < -0.39 is 11.5 Å². The van der Waals surface area contributed by atoms with Gasteiger partial charge in [0.15, 0.2) is 0 Å². The third kappa shape index (κ3) is 8.02. The van der Waals surface area contributed by atoms with Crippen molar-refractivity contribution in [3.05, 3.63) is 71.3 Å². The Bertz CT molecular complexity index is 871. The second-order valence-electron chi connectivity index (χ2n) is 8.68. The summed E-state index contributed by atoms with van der Waals surface area (Å²) in [5, 5.41) is 20.1. The third-order valence-corrected chi connectivity index (χ3v) is 5.84. The van der Waals surface area contributed by atoms with Gasteiger partial charge >= 0.3 is 0 Å². The van der Waals surface area contributed by atoms with Crippen LogP contribution in [0.5, 0.6) is 0 Å². The zero-order valence-electron chi connectivity index (χ0n) is 19.3. The second-order valence-corrected chi connectivity index (χ2v) is 8.68. The molecule has 6 nitrogen and oxygen atoms in total. The lowest BCUT2D eigenvalue weighted by Crippen LogP contribution is -2.44. The van der Waals surface area contributed by atoms with Gasteiger partial charge in [-0.2, -0.15) is 0 Å². The van der Waals surface area contributed by atoms with Gasteiger partial charge < -0.3 is 20.7 Å². The summed E-state index contributed by atoms with van der Waals surface area (Å²) >= 11 is 0. The van der Waals surface area contributed by atoms with E-state index in [-0.39, 0.29) is 12.1 Å². The Morgan fingerprint density at radius 1 is 1.16 bits per heavy atom. The van der Waals surface area contributed by atoms with E-state index in [0.29, 0.717) is 17.4 Å². The van der Waals surface area contributed by atoms with Crippen LogP contribution in [-0.4, -0.2) is 60.7 Å². The number of likely N-dealkylation sites (tertiary alicyclic amines) is 1. The van der Waals surface area contributed by atoms with Crippen molar-refractivity contribution in [2.45, 2.75) is 38.2 Å². The monoisotopic (exact) mass is 437 g/mol. The molecule has 3 rings (SSSR count). The number of nitrogens with one attached hydrogen (secondary N) is 2. The molecule has 172 valence electrons. The van der Waals surface area contributed by atoms with Gasteiger partial charge in [0.1, 0.15) is 11.9 Å². The van der Waals surface area contributed by atoms with E-state index in [1.54, 1.807) is 24.3 Å².